The highest BCUT2D eigenvalue weighted by molar-refractivity contribution is 5.97. The first-order valence-electron chi connectivity index (χ1n) is 3.48. The zero-order valence-corrected chi connectivity index (χ0v) is 6.37. The molecule has 1 aliphatic carbocycles. The van der Waals surface area contributed by atoms with Gasteiger partial charge in [-0.2, -0.15) is 5.10 Å². The summed E-state index contributed by atoms with van der Waals surface area (Å²) in [6.07, 6.45) is 4.81. The first-order valence-corrected chi connectivity index (χ1v) is 3.48. The van der Waals surface area contributed by atoms with Gasteiger partial charge >= 0.3 is 6.03 Å². The molecule has 0 saturated heterocycles. The zero-order valence-electron chi connectivity index (χ0n) is 6.37. The van der Waals surface area contributed by atoms with Crippen LogP contribution >= 0.6 is 0 Å². The lowest BCUT2D eigenvalue weighted by Gasteiger charge is -1.96. The van der Waals surface area contributed by atoms with E-state index < -0.39 is 6.03 Å². The predicted octanol–water partition coefficient (Wildman–Crippen LogP) is 0.607. The topological polar surface area (TPSA) is 67.5 Å². The van der Waals surface area contributed by atoms with Crippen molar-refractivity contribution in [1.82, 2.24) is 5.43 Å². The number of nitrogens with one attached hydrogen (secondary N) is 1. The van der Waals surface area contributed by atoms with E-state index >= 15 is 0 Å². The van der Waals surface area contributed by atoms with Crippen LogP contribution in [0.3, 0.4) is 0 Å². The van der Waals surface area contributed by atoms with E-state index in [1.807, 2.05) is 12.2 Å². The third kappa shape index (κ3) is 2.41. The van der Waals surface area contributed by atoms with Crippen LogP contribution in [-0.4, -0.2) is 11.7 Å². The van der Waals surface area contributed by atoms with Crippen molar-refractivity contribution >= 4 is 11.7 Å². The number of rotatable bonds is 1. The van der Waals surface area contributed by atoms with Gasteiger partial charge in [0, 0.05) is 0 Å². The van der Waals surface area contributed by atoms with E-state index in [2.05, 4.69) is 17.5 Å². The van der Waals surface area contributed by atoms with Gasteiger partial charge in [0.05, 0.1) is 5.71 Å². The third-order valence-electron chi connectivity index (χ3n) is 1.46. The summed E-state index contributed by atoms with van der Waals surface area (Å²) >= 11 is 0. The molecule has 0 aromatic carbocycles. The molecular formula is C7H11N3O. The lowest BCUT2D eigenvalue weighted by Crippen LogP contribution is -2.25. The quantitative estimate of drug-likeness (QED) is 0.532. The molecule has 0 saturated carbocycles. The van der Waals surface area contributed by atoms with Crippen LogP contribution in [0.1, 0.15) is 13.3 Å². The minimum atomic E-state index is -0.620. The Morgan fingerprint density at radius 2 is 2.64 bits per heavy atom. The van der Waals surface area contributed by atoms with Crippen LogP contribution in [0.25, 0.3) is 0 Å². The van der Waals surface area contributed by atoms with Crippen molar-refractivity contribution in [3.05, 3.63) is 12.2 Å². The molecule has 4 heteroatoms. The lowest BCUT2D eigenvalue weighted by atomic mass is 10.1. The molecule has 60 valence electrons. The number of allylic oxidation sites excluding steroid dienone is 2. The monoisotopic (exact) mass is 153 g/mol. The molecule has 1 unspecified atom stereocenters. The number of primary amides is 1. The highest BCUT2D eigenvalue weighted by Crippen LogP contribution is 2.13. The summed E-state index contributed by atoms with van der Waals surface area (Å²) in [5.41, 5.74) is 7.88. The summed E-state index contributed by atoms with van der Waals surface area (Å²) in [4.78, 5) is 10.2. The van der Waals surface area contributed by atoms with Gasteiger partial charge in [0.1, 0.15) is 0 Å². The molecule has 0 aromatic rings. The molecule has 0 fully saturated rings. The number of nitrogens with zero attached hydrogens (tertiary/aromatic N) is 1. The first kappa shape index (κ1) is 7.78. The van der Waals surface area contributed by atoms with Gasteiger partial charge in [-0.1, -0.05) is 13.0 Å². The van der Waals surface area contributed by atoms with E-state index in [4.69, 9.17) is 5.73 Å². The van der Waals surface area contributed by atoms with Gasteiger partial charge < -0.3 is 5.73 Å². The van der Waals surface area contributed by atoms with E-state index in [-0.39, 0.29) is 0 Å². The van der Waals surface area contributed by atoms with Gasteiger partial charge in [0.25, 0.3) is 0 Å². The molecule has 3 N–H and O–H groups in total. The fraction of sp³-hybridized carbons (Fsp3) is 0.429. The molecule has 1 aliphatic rings. The van der Waals surface area contributed by atoms with Crippen LogP contribution in [0.5, 0.6) is 0 Å². The van der Waals surface area contributed by atoms with Crippen LogP contribution < -0.4 is 11.2 Å². The first-order chi connectivity index (χ1) is 5.18. The molecular weight excluding hydrogens is 142 g/mol. The smallest absolute Gasteiger partial charge is 0.332 e. The average Bonchev–Trinajstić information content (AvgIpc) is 2.31. The number of hydrogen-bond donors (Lipinski definition) is 2. The van der Waals surface area contributed by atoms with E-state index in [9.17, 15) is 4.79 Å². The second-order valence-corrected chi connectivity index (χ2v) is 2.62. The molecule has 11 heavy (non-hydrogen) atoms. The van der Waals surface area contributed by atoms with Crippen LogP contribution in [0.4, 0.5) is 4.79 Å². The SMILES string of the molecule is CC1C=C/C(=N\NC(N)=O)C1. The highest BCUT2D eigenvalue weighted by atomic mass is 16.2. The van der Waals surface area contributed by atoms with Gasteiger partial charge in [0.2, 0.25) is 0 Å². The largest absolute Gasteiger partial charge is 0.350 e. The Kier molecular flexibility index (Phi) is 2.25. The number of amides is 2. The maximum absolute atomic E-state index is 10.2. The van der Waals surface area contributed by atoms with Crippen molar-refractivity contribution in [2.45, 2.75) is 13.3 Å². The molecule has 1 atom stereocenters. The maximum atomic E-state index is 10.2. The van der Waals surface area contributed by atoms with Gasteiger partial charge in [-0.25, -0.2) is 10.2 Å². The molecule has 0 aromatic heterocycles. The summed E-state index contributed by atoms with van der Waals surface area (Å²) < 4.78 is 0. The summed E-state index contributed by atoms with van der Waals surface area (Å²) in [5, 5.41) is 3.78. The number of carbonyl (C=O) groups is 1. The van der Waals surface area contributed by atoms with Crippen molar-refractivity contribution in [3.63, 3.8) is 0 Å². The van der Waals surface area contributed by atoms with Gasteiger partial charge in [0.15, 0.2) is 0 Å². The Balaban J connectivity index is 2.44. The van der Waals surface area contributed by atoms with E-state index in [0.717, 1.165) is 12.1 Å². The van der Waals surface area contributed by atoms with E-state index in [1.54, 1.807) is 0 Å². The zero-order chi connectivity index (χ0) is 8.27. The fourth-order valence-electron chi connectivity index (χ4n) is 0.951. The van der Waals surface area contributed by atoms with Crippen molar-refractivity contribution in [2.24, 2.45) is 16.8 Å². The Hall–Kier alpha value is -1.32. The van der Waals surface area contributed by atoms with Crippen LogP contribution in [0.15, 0.2) is 17.3 Å². The van der Waals surface area contributed by atoms with Crippen molar-refractivity contribution in [1.29, 1.82) is 0 Å². The Morgan fingerprint density at radius 1 is 1.91 bits per heavy atom. The third-order valence-corrected chi connectivity index (χ3v) is 1.46. The fourth-order valence-corrected chi connectivity index (χ4v) is 0.951. The molecule has 4 nitrogen and oxygen atoms in total. The Bertz CT molecular complexity index is 220. The van der Waals surface area contributed by atoms with Gasteiger partial charge in [-0.15, -0.1) is 0 Å². The molecule has 0 aliphatic heterocycles. The maximum Gasteiger partial charge on any atom is 0.332 e. The molecule has 0 spiro atoms. The van der Waals surface area contributed by atoms with Crippen LogP contribution in [0.2, 0.25) is 0 Å². The molecule has 2 amide bonds. The average molecular weight is 153 g/mol. The van der Waals surface area contributed by atoms with Crippen molar-refractivity contribution in [2.75, 3.05) is 0 Å². The van der Waals surface area contributed by atoms with E-state index in [0.29, 0.717) is 5.92 Å². The second-order valence-electron chi connectivity index (χ2n) is 2.62. The second kappa shape index (κ2) is 3.18. The summed E-state index contributed by atoms with van der Waals surface area (Å²) in [7, 11) is 0. The Labute approximate surface area is 65.2 Å². The Morgan fingerprint density at radius 3 is 3.09 bits per heavy atom. The number of hydrogen-bond acceptors (Lipinski definition) is 2. The number of carbonyl (C=O) groups excluding carboxylic acids is 1. The van der Waals surface area contributed by atoms with Crippen molar-refractivity contribution < 1.29 is 4.79 Å². The summed E-state index contributed by atoms with van der Waals surface area (Å²) in [6, 6.07) is -0.620. The number of nitrogens with two attached hydrogens (primary N) is 1. The summed E-state index contributed by atoms with van der Waals surface area (Å²) in [5.74, 6) is 0.517. The van der Waals surface area contributed by atoms with Gasteiger partial charge in [-0.3, -0.25) is 0 Å². The van der Waals surface area contributed by atoms with Crippen molar-refractivity contribution in [3.8, 4) is 0 Å². The minimum absolute atomic E-state index is 0.517. The van der Waals surface area contributed by atoms with Gasteiger partial charge in [-0.05, 0) is 18.4 Å². The number of hydrazone groups is 1. The normalized spacial score (nSPS) is 25.9. The van der Waals surface area contributed by atoms with Crippen LogP contribution in [0, 0.1) is 5.92 Å². The minimum Gasteiger partial charge on any atom is -0.350 e. The molecule has 1 rings (SSSR count). The molecule has 0 heterocycles. The lowest BCUT2D eigenvalue weighted by molar-refractivity contribution is 0.249. The number of urea groups is 1. The highest BCUT2D eigenvalue weighted by Gasteiger charge is 2.08. The standard InChI is InChI=1S/C7H11N3O/c1-5-2-3-6(4-5)9-10-7(8)11/h2-3,5H,4H2,1H3,(H3,8,10,11)/b9-6+. The van der Waals surface area contributed by atoms with Crippen LogP contribution in [-0.2, 0) is 0 Å². The predicted molar refractivity (Wildman–Crippen MR) is 43.1 cm³/mol. The molecule has 0 bridgehead atoms. The molecule has 0 radical (unpaired) electrons. The van der Waals surface area contributed by atoms with E-state index in [1.165, 1.54) is 0 Å². The summed E-state index contributed by atoms with van der Waals surface area (Å²) in [6.45, 7) is 2.09.